The molecule has 35 heavy (non-hydrogen) atoms. The van der Waals surface area contributed by atoms with Crippen LogP contribution >= 0.6 is 0 Å². The van der Waals surface area contributed by atoms with E-state index in [0.717, 1.165) is 31.9 Å². The first-order valence-electron chi connectivity index (χ1n) is 11.7. The van der Waals surface area contributed by atoms with Gasteiger partial charge in [0.05, 0.1) is 51.2 Å². The lowest BCUT2D eigenvalue weighted by Gasteiger charge is -2.08. The Labute approximate surface area is 205 Å². The van der Waals surface area contributed by atoms with Crippen LogP contribution in [0.4, 0.5) is 0 Å². The zero-order chi connectivity index (χ0) is 25.4. The van der Waals surface area contributed by atoms with Crippen LogP contribution < -0.4 is 10.1 Å². The number of carbonyl (C=O) groups excluding carboxylic acids is 1. The number of benzene rings is 1. The molecule has 0 aromatic heterocycles. The van der Waals surface area contributed by atoms with Gasteiger partial charge in [-0.3, -0.25) is 14.9 Å². The topological polar surface area (TPSA) is 158 Å². The number of unbranched alkanes of at least 4 members (excludes halogenated alkanes) is 3. The lowest BCUT2D eigenvalue weighted by molar-refractivity contribution is -0.400. The van der Waals surface area contributed by atoms with Gasteiger partial charge >= 0.3 is 0 Å². The second-order valence-corrected chi connectivity index (χ2v) is 7.33. The molecule has 0 aliphatic carbocycles. The maximum Gasteiger partial charge on any atom is 0.235 e. The minimum Gasteiger partial charge on any atom is -0.494 e. The summed E-state index contributed by atoms with van der Waals surface area (Å²) in [4.78, 5) is 24.4. The SMILES string of the molecule is [N-]=[N+]=NCCOCCOCCOCCNC(=O)CCCCCCOc1cccc(C=C[N+](=O)[O-])c1. The summed E-state index contributed by atoms with van der Waals surface area (Å²) < 4.78 is 21.6. The fourth-order valence-electron chi connectivity index (χ4n) is 2.83. The van der Waals surface area contributed by atoms with Gasteiger partial charge in [0.2, 0.25) is 12.1 Å². The van der Waals surface area contributed by atoms with Crippen LogP contribution in [0, 0.1) is 10.1 Å². The lowest BCUT2D eigenvalue weighted by Crippen LogP contribution is -2.27. The Morgan fingerprint density at radius 2 is 1.74 bits per heavy atom. The summed E-state index contributed by atoms with van der Waals surface area (Å²) in [5.74, 6) is 0.690. The van der Waals surface area contributed by atoms with Gasteiger partial charge in [0.1, 0.15) is 5.75 Å². The van der Waals surface area contributed by atoms with Crippen LogP contribution in [0.25, 0.3) is 16.5 Å². The minimum atomic E-state index is -0.502. The summed E-state index contributed by atoms with van der Waals surface area (Å²) in [6.07, 6.45) is 6.38. The van der Waals surface area contributed by atoms with Gasteiger partial charge in [0, 0.05) is 30.5 Å². The predicted molar refractivity (Wildman–Crippen MR) is 131 cm³/mol. The summed E-state index contributed by atoms with van der Waals surface area (Å²) in [6.45, 7) is 3.90. The van der Waals surface area contributed by atoms with Gasteiger partial charge in [-0.2, -0.15) is 0 Å². The van der Waals surface area contributed by atoms with Crippen molar-refractivity contribution in [2.75, 3.05) is 59.3 Å². The van der Waals surface area contributed by atoms with Gasteiger partial charge in [0.25, 0.3) is 0 Å². The van der Waals surface area contributed by atoms with E-state index >= 15 is 0 Å². The third-order valence-corrected chi connectivity index (χ3v) is 4.53. The number of ether oxygens (including phenoxy) is 4. The maximum absolute atomic E-state index is 11.8. The molecule has 0 heterocycles. The molecule has 0 unspecified atom stereocenters. The van der Waals surface area contributed by atoms with Crippen LogP contribution in [-0.2, 0) is 19.0 Å². The third-order valence-electron chi connectivity index (χ3n) is 4.53. The number of hydrogen-bond donors (Lipinski definition) is 1. The highest BCUT2D eigenvalue weighted by Crippen LogP contribution is 2.15. The van der Waals surface area contributed by atoms with Crippen molar-refractivity contribution in [3.63, 3.8) is 0 Å². The van der Waals surface area contributed by atoms with Crippen molar-refractivity contribution >= 4 is 12.0 Å². The Balaban J connectivity index is 1.89. The average Bonchev–Trinajstić information content (AvgIpc) is 2.85. The fourth-order valence-corrected chi connectivity index (χ4v) is 2.83. The van der Waals surface area contributed by atoms with E-state index in [9.17, 15) is 14.9 Å². The van der Waals surface area contributed by atoms with E-state index in [4.69, 9.17) is 24.5 Å². The number of nitrogens with zero attached hydrogens (tertiary/aromatic N) is 4. The van der Waals surface area contributed by atoms with Gasteiger partial charge < -0.3 is 24.3 Å². The molecular weight excluding hydrogens is 458 g/mol. The number of hydrogen-bond acceptors (Lipinski definition) is 8. The molecule has 0 aliphatic rings. The highest BCUT2D eigenvalue weighted by Gasteiger charge is 2.01. The third kappa shape index (κ3) is 18.9. The Morgan fingerprint density at radius 3 is 2.49 bits per heavy atom. The summed E-state index contributed by atoms with van der Waals surface area (Å²) in [7, 11) is 0. The number of carbonyl (C=O) groups is 1. The van der Waals surface area contributed by atoms with Crippen LogP contribution in [0.1, 0.15) is 37.7 Å². The van der Waals surface area contributed by atoms with Gasteiger partial charge in [0.15, 0.2) is 0 Å². The van der Waals surface area contributed by atoms with Gasteiger partial charge in [-0.05, 0) is 36.1 Å². The Morgan fingerprint density at radius 1 is 1.03 bits per heavy atom. The largest absolute Gasteiger partial charge is 0.494 e. The zero-order valence-electron chi connectivity index (χ0n) is 20.0. The van der Waals surface area contributed by atoms with E-state index in [-0.39, 0.29) is 5.91 Å². The normalized spacial score (nSPS) is 10.7. The highest BCUT2D eigenvalue weighted by molar-refractivity contribution is 5.75. The van der Waals surface area contributed by atoms with E-state index in [2.05, 4.69) is 15.3 Å². The molecule has 12 nitrogen and oxygen atoms in total. The van der Waals surface area contributed by atoms with Crippen molar-refractivity contribution in [2.24, 2.45) is 5.11 Å². The number of amides is 1. The van der Waals surface area contributed by atoms with E-state index in [0.29, 0.717) is 77.1 Å². The van der Waals surface area contributed by atoms with Gasteiger partial charge in [-0.1, -0.05) is 30.1 Å². The lowest BCUT2D eigenvalue weighted by atomic mass is 10.1. The number of nitro groups is 1. The molecule has 1 amide bonds. The van der Waals surface area contributed by atoms with Crippen LogP contribution in [0.5, 0.6) is 5.75 Å². The maximum atomic E-state index is 11.8. The Hall–Kier alpha value is -3.18. The Bertz CT molecular complexity index is 800. The van der Waals surface area contributed by atoms with E-state index in [1.807, 2.05) is 6.07 Å². The van der Waals surface area contributed by atoms with Crippen LogP contribution in [0.2, 0.25) is 0 Å². The molecule has 0 atom stereocenters. The smallest absolute Gasteiger partial charge is 0.235 e. The van der Waals surface area contributed by atoms with E-state index < -0.39 is 4.92 Å². The first-order chi connectivity index (χ1) is 17.1. The van der Waals surface area contributed by atoms with Crippen molar-refractivity contribution in [1.29, 1.82) is 0 Å². The molecule has 0 bridgehead atoms. The van der Waals surface area contributed by atoms with Crippen molar-refractivity contribution in [3.05, 3.63) is 56.6 Å². The molecule has 194 valence electrons. The van der Waals surface area contributed by atoms with E-state index in [1.54, 1.807) is 18.2 Å². The molecule has 1 N–H and O–H groups in total. The average molecular weight is 494 g/mol. The summed E-state index contributed by atoms with van der Waals surface area (Å²) in [5, 5.41) is 16.6. The number of rotatable bonds is 22. The fraction of sp³-hybridized carbons (Fsp3) is 0.609. The van der Waals surface area contributed by atoms with E-state index in [1.165, 1.54) is 6.08 Å². The van der Waals surface area contributed by atoms with Crippen LogP contribution in [0.3, 0.4) is 0 Å². The monoisotopic (exact) mass is 493 g/mol. The molecule has 0 aliphatic heterocycles. The highest BCUT2D eigenvalue weighted by atomic mass is 16.6. The molecule has 0 radical (unpaired) electrons. The second-order valence-electron chi connectivity index (χ2n) is 7.33. The molecular formula is C23H35N5O7. The minimum absolute atomic E-state index is 0.0126. The molecule has 12 heteroatoms. The molecule has 1 aromatic carbocycles. The summed E-state index contributed by atoms with van der Waals surface area (Å²) >= 11 is 0. The molecule has 0 saturated heterocycles. The van der Waals surface area contributed by atoms with Crippen molar-refractivity contribution in [3.8, 4) is 5.75 Å². The zero-order valence-corrected chi connectivity index (χ0v) is 20.0. The van der Waals surface area contributed by atoms with Gasteiger partial charge in [-0.25, -0.2) is 0 Å². The second kappa shape index (κ2) is 21.4. The molecule has 0 fully saturated rings. The molecule has 1 aromatic rings. The quantitative estimate of drug-likeness (QED) is 0.0643. The Kier molecular flexibility index (Phi) is 18.2. The molecule has 1 rings (SSSR count). The van der Waals surface area contributed by atoms with Crippen molar-refractivity contribution < 1.29 is 28.7 Å². The van der Waals surface area contributed by atoms with Crippen molar-refractivity contribution in [2.45, 2.75) is 32.1 Å². The first kappa shape index (κ1) is 29.9. The number of azide groups is 1. The first-order valence-corrected chi connectivity index (χ1v) is 11.7. The molecule has 0 spiro atoms. The molecule has 0 saturated carbocycles. The summed E-state index contributed by atoms with van der Waals surface area (Å²) in [5.41, 5.74) is 8.83. The van der Waals surface area contributed by atoms with Crippen LogP contribution in [-0.4, -0.2) is 70.2 Å². The van der Waals surface area contributed by atoms with Crippen LogP contribution in [0.15, 0.2) is 35.6 Å². The standard InChI is InChI=1S/C23H35N5O7/c24-27-26-11-15-33-17-19-34-18-16-32-14-10-25-23(29)8-3-1-2-4-13-35-22-7-5-6-21(20-22)9-12-28(30)31/h5-7,9,12,20H,1-4,8,10-11,13-19H2,(H,25,29). The van der Waals surface area contributed by atoms with Gasteiger partial charge in [-0.15, -0.1) is 0 Å². The number of nitrogens with one attached hydrogen (secondary N) is 1. The summed E-state index contributed by atoms with van der Waals surface area (Å²) in [6, 6.07) is 7.14. The predicted octanol–water partition coefficient (Wildman–Crippen LogP) is 3.74. The van der Waals surface area contributed by atoms with Crippen molar-refractivity contribution in [1.82, 2.24) is 5.32 Å².